The summed E-state index contributed by atoms with van der Waals surface area (Å²) >= 11 is 0. The lowest BCUT2D eigenvalue weighted by Crippen LogP contribution is -2.56. The second-order valence-electron chi connectivity index (χ2n) is 3.93. The van der Waals surface area contributed by atoms with Crippen molar-refractivity contribution in [3.8, 4) is 0 Å². The third-order valence-corrected chi connectivity index (χ3v) is 2.72. The Morgan fingerprint density at radius 2 is 2.21 bits per heavy atom. The molecule has 1 N–H and O–H groups in total. The molecule has 2 amide bonds. The van der Waals surface area contributed by atoms with Gasteiger partial charge in [0.2, 0.25) is 0 Å². The third kappa shape index (κ3) is 2.05. The molecule has 1 heterocycles. The van der Waals surface area contributed by atoms with E-state index in [9.17, 15) is 9.18 Å². The number of nitrogens with zero attached hydrogens (tertiary/aromatic N) is 1. The highest BCUT2D eigenvalue weighted by atomic mass is 19.1. The number of rotatable bonds is 1. The van der Waals surface area contributed by atoms with Gasteiger partial charge < -0.3 is 10.2 Å². The van der Waals surface area contributed by atoms with E-state index in [-0.39, 0.29) is 25.2 Å². The second-order valence-corrected chi connectivity index (χ2v) is 3.93. The fourth-order valence-electron chi connectivity index (χ4n) is 1.78. The molecule has 2 aliphatic rings. The number of nitrogens with one attached hydrogen (secondary N) is 1. The number of hydrogen-bond acceptors (Lipinski definition) is 1. The van der Waals surface area contributed by atoms with Crippen molar-refractivity contribution in [3.05, 3.63) is 12.2 Å². The lowest BCUT2D eigenvalue weighted by molar-refractivity contribution is 0.0879. The van der Waals surface area contributed by atoms with Crippen molar-refractivity contribution in [2.75, 3.05) is 13.1 Å². The molecular weight excluding hydrogens is 183 g/mol. The Hall–Kier alpha value is -1.06. The van der Waals surface area contributed by atoms with Gasteiger partial charge in [-0.05, 0) is 19.3 Å². The van der Waals surface area contributed by atoms with Crippen molar-refractivity contribution in [3.63, 3.8) is 0 Å². The number of carbonyl (C=O) groups excluding carboxylic acids is 1. The number of urea groups is 1. The molecule has 1 aliphatic carbocycles. The number of carbonyl (C=O) groups is 1. The summed E-state index contributed by atoms with van der Waals surface area (Å²) in [6.07, 6.45) is 6.32. The van der Waals surface area contributed by atoms with Crippen LogP contribution < -0.4 is 5.32 Å². The normalized spacial score (nSPS) is 27.2. The van der Waals surface area contributed by atoms with Crippen LogP contribution >= 0.6 is 0 Å². The van der Waals surface area contributed by atoms with Crippen molar-refractivity contribution in [1.29, 1.82) is 0 Å². The first-order valence-electron chi connectivity index (χ1n) is 5.10. The van der Waals surface area contributed by atoms with E-state index in [1.807, 2.05) is 0 Å². The summed E-state index contributed by atoms with van der Waals surface area (Å²) in [5.41, 5.74) is 0. The van der Waals surface area contributed by atoms with Gasteiger partial charge in [-0.25, -0.2) is 9.18 Å². The zero-order valence-corrected chi connectivity index (χ0v) is 8.08. The fourth-order valence-corrected chi connectivity index (χ4v) is 1.78. The SMILES string of the molecule is O=C(NC1CC=CCC1)N1CC(F)C1. The van der Waals surface area contributed by atoms with Crippen molar-refractivity contribution in [2.24, 2.45) is 0 Å². The van der Waals surface area contributed by atoms with Gasteiger partial charge in [-0.15, -0.1) is 0 Å². The van der Waals surface area contributed by atoms with Crippen LogP contribution in [0.3, 0.4) is 0 Å². The van der Waals surface area contributed by atoms with Crippen LogP contribution in [-0.4, -0.2) is 36.2 Å². The molecule has 0 bridgehead atoms. The molecule has 0 aromatic carbocycles. The van der Waals surface area contributed by atoms with Crippen LogP contribution in [-0.2, 0) is 0 Å². The molecule has 14 heavy (non-hydrogen) atoms. The van der Waals surface area contributed by atoms with Gasteiger partial charge in [-0.1, -0.05) is 12.2 Å². The first-order valence-corrected chi connectivity index (χ1v) is 5.10. The topological polar surface area (TPSA) is 32.3 Å². The van der Waals surface area contributed by atoms with E-state index in [0.717, 1.165) is 19.3 Å². The summed E-state index contributed by atoms with van der Waals surface area (Å²) in [4.78, 5) is 13.0. The highest BCUT2D eigenvalue weighted by molar-refractivity contribution is 5.75. The van der Waals surface area contributed by atoms with Gasteiger partial charge in [-0.3, -0.25) is 0 Å². The molecule has 78 valence electrons. The monoisotopic (exact) mass is 198 g/mol. The number of likely N-dealkylation sites (tertiary alicyclic amines) is 1. The minimum atomic E-state index is -0.813. The summed E-state index contributed by atoms with van der Waals surface area (Å²) in [5, 5.41) is 2.91. The average molecular weight is 198 g/mol. The van der Waals surface area contributed by atoms with Crippen LogP contribution in [0.5, 0.6) is 0 Å². The summed E-state index contributed by atoms with van der Waals surface area (Å²) in [7, 11) is 0. The summed E-state index contributed by atoms with van der Waals surface area (Å²) in [5.74, 6) is 0. The molecule has 0 radical (unpaired) electrons. The Balaban J connectivity index is 1.74. The fraction of sp³-hybridized carbons (Fsp3) is 0.700. The Kier molecular flexibility index (Phi) is 2.70. The van der Waals surface area contributed by atoms with E-state index in [1.165, 1.54) is 4.90 Å². The maximum atomic E-state index is 12.5. The third-order valence-electron chi connectivity index (χ3n) is 2.72. The Morgan fingerprint density at radius 3 is 2.79 bits per heavy atom. The summed E-state index contributed by atoms with van der Waals surface area (Å²) in [6.45, 7) is 0.517. The maximum absolute atomic E-state index is 12.5. The molecule has 0 aromatic heterocycles. The van der Waals surface area contributed by atoms with Crippen molar-refractivity contribution >= 4 is 6.03 Å². The van der Waals surface area contributed by atoms with Crippen molar-refractivity contribution in [1.82, 2.24) is 10.2 Å². The highest BCUT2D eigenvalue weighted by Gasteiger charge is 2.31. The maximum Gasteiger partial charge on any atom is 0.317 e. The molecule has 0 aromatic rings. The lowest BCUT2D eigenvalue weighted by Gasteiger charge is -2.35. The zero-order chi connectivity index (χ0) is 9.97. The minimum absolute atomic E-state index is 0.112. The molecule has 1 unspecified atom stereocenters. The first kappa shape index (κ1) is 9.49. The molecule has 0 saturated carbocycles. The van der Waals surface area contributed by atoms with Crippen molar-refractivity contribution < 1.29 is 9.18 Å². The predicted octanol–water partition coefficient (Wildman–Crippen LogP) is 1.46. The van der Waals surface area contributed by atoms with E-state index in [2.05, 4.69) is 17.5 Å². The van der Waals surface area contributed by atoms with E-state index in [4.69, 9.17) is 0 Å². The molecule has 1 aliphatic heterocycles. The standard InChI is InChI=1S/C10H15FN2O/c11-8-6-13(7-8)10(14)12-9-4-2-1-3-5-9/h1-2,8-9H,3-7H2,(H,12,14). The smallest absolute Gasteiger partial charge is 0.317 e. The summed E-state index contributed by atoms with van der Waals surface area (Å²) < 4.78 is 12.5. The molecule has 2 rings (SSSR count). The van der Waals surface area contributed by atoms with Crippen LogP contribution in [0, 0.1) is 0 Å². The minimum Gasteiger partial charge on any atom is -0.335 e. The molecular formula is C10H15FN2O. The van der Waals surface area contributed by atoms with E-state index >= 15 is 0 Å². The zero-order valence-electron chi connectivity index (χ0n) is 8.08. The van der Waals surface area contributed by atoms with Crippen LogP contribution in [0.4, 0.5) is 9.18 Å². The Labute approximate surface area is 83.0 Å². The number of alkyl halides is 1. The Bertz CT molecular complexity index is 249. The van der Waals surface area contributed by atoms with E-state index in [0.29, 0.717) is 0 Å². The van der Waals surface area contributed by atoms with Gasteiger partial charge in [0, 0.05) is 6.04 Å². The molecule has 1 fully saturated rings. The highest BCUT2D eigenvalue weighted by Crippen LogP contribution is 2.14. The van der Waals surface area contributed by atoms with Gasteiger partial charge in [-0.2, -0.15) is 0 Å². The van der Waals surface area contributed by atoms with E-state index in [1.54, 1.807) is 0 Å². The number of allylic oxidation sites excluding steroid dienone is 1. The van der Waals surface area contributed by atoms with Crippen LogP contribution in [0.15, 0.2) is 12.2 Å². The van der Waals surface area contributed by atoms with Gasteiger partial charge in [0.25, 0.3) is 0 Å². The number of amides is 2. The van der Waals surface area contributed by atoms with Crippen LogP contribution in [0.2, 0.25) is 0 Å². The van der Waals surface area contributed by atoms with Gasteiger partial charge in [0.1, 0.15) is 6.17 Å². The molecule has 1 atom stereocenters. The molecule has 0 spiro atoms. The molecule has 3 nitrogen and oxygen atoms in total. The number of hydrogen-bond donors (Lipinski definition) is 1. The predicted molar refractivity (Wildman–Crippen MR) is 51.8 cm³/mol. The largest absolute Gasteiger partial charge is 0.335 e. The van der Waals surface area contributed by atoms with E-state index < -0.39 is 6.17 Å². The molecule has 1 saturated heterocycles. The van der Waals surface area contributed by atoms with Gasteiger partial charge >= 0.3 is 6.03 Å². The summed E-state index contributed by atoms with van der Waals surface area (Å²) in [6, 6.07) is 0.130. The van der Waals surface area contributed by atoms with Gasteiger partial charge in [0.15, 0.2) is 0 Å². The second kappa shape index (κ2) is 3.98. The van der Waals surface area contributed by atoms with Crippen LogP contribution in [0.25, 0.3) is 0 Å². The Morgan fingerprint density at radius 1 is 1.43 bits per heavy atom. The lowest BCUT2D eigenvalue weighted by atomic mass is 10.0. The van der Waals surface area contributed by atoms with Crippen molar-refractivity contribution in [2.45, 2.75) is 31.5 Å². The number of halogens is 1. The average Bonchev–Trinajstić information content (AvgIpc) is 2.14. The van der Waals surface area contributed by atoms with Gasteiger partial charge in [0.05, 0.1) is 13.1 Å². The quantitative estimate of drug-likeness (QED) is 0.635. The van der Waals surface area contributed by atoms with Crippen LogP contribution in [0.1, 0.15) is 19.3 Å². The first-order chi connectivity index (χ1) is 6.75. The molecule has 4 heteroatoms.